The van der Waals surface area contributed by atoms with Gasteiger partial charge in [0.15, 0.2) is 0 Å². The number of halogens is 1. The molecule has 1 aromatic heterocycles. The van der Waals surface area contributed by atoms with Crippen molar-refractivity contribution in [3.05, 3.63) is 53.3 Å². The Morgan fingerprint density at radius 3 is 2.71 bits per heavy atom. The molecule has 0 radical (unpaired) electrons. The largest absolute Gasteiger partial charge is 0.396 e. The monoisotopic (exact) mass is 346 g/mol. The van der Waals surface area contributed by atoms with E-state index in [0.29, 0.717) is 11.6 Å². The Morgan fingerprint density at radius 2 is 1.96 bits per heavy atom. The average Bonchev–Trinajstić information content (AvgIpc) is 2.88. The van der Waals surface area contributed by atoms with Gasteiger partial charge >= 0.3 is 5.95 Å². The molecule has 0 fully saturated rings. The number of aromatic nitrogens is 2. The van der Waals surface area contributed by atoms with Gasteiger partial charge in [0, 0.05) is 16.7 Å². The maximum absolute atomic E-state index is 11.5. The first-order valence-corrected chi connectivity index (χ1v) is 9.13. The van der Waals surface area contributed by atoms with Gasteiger partial charge in [-0.15, -0.1) is 0 Å². The van der Waals surface area contributed by atoms with Gasteiger partial charge in [0.1, 0.15) is 12.7 Å². The molecule has 0 aliphatic carbocycles. The van der Waals surface area contributed by atoms with Crippen molar-refractivity contribution in [3.63, 3.8) is 0 Å². The quantitative estimate of drug-likeness (QED) is 0.614. The molecule has 0 saturated carbocycles. The third kappa shape index (κ3) is 3.40. The Labute approximate surface area is 148 Å². The average molecular weight is 347 g/mol. The van der Waals surface area contributed by atoms with Crippen LogP contribution in [0.25, 0.3) is 0 Å². The second-order valence-electron chi connectivity index (χ2n) is 6.44. The number of aliphatic hydroxyl groups is 1. The fraction of sp³-hybridized carbons (Fsp3) is 0.474. The maximum atomic E-state index is 11.5. The van der Waals surface area contributed by atoms with Crippen LogP contribution >= 0.6 is 11.6 Å². The third-order valence-corrected chi connectivity index (χ3v) is 4.92. The molecule has 5 heteroatoms. The molecular formula is C19H25ClN3O+. The van der Waals surface area contributed by atoms with Crippen molar-refractivity contribution in [2.45, 2.75) is 51.3 Å². The molecule has 1 atom stereocenters. The summed E-state index contributed by atoms with van der Waals surface area (Å²) in [5.74, 6) is 0.824. The van der Waals surface area contributed by atoms with Crippen molar-refractivity contribution < 1.29 is 9.67 Å². The highest BCUT2D eigenvalue weighted by Crippen LogP contribution is 2.34. The lowest BCUT2D eigenvalue weighted by atomic mass is 10.0. The van der Waals surface area contributed by atoms with Crippen LogP contribution in [0.4, 0.5) is 5.95 Å². The summed E-state index contributed by atoms with van der Waals surface area (Å²) >= 11 is 6.01. The van der Waals surface area contributed by atoms with Crippen LogP contribution in [-0.4, -0.2) is 16.6 Å². The van der Waals surface area contributed by atoms with Crippen LogP contribution in [0.2, 0.25) is 5.02 Å². The predicted molar refractivity (Wildman–Crippen MR) is 95.9 cm³/mol. The Hall–Kier alpha value is -1.65. The Bertz CT molecular complexity index is 677. The number of hydrogen-bond donors (Lipinski definition) is 1. The SMILES string of the molecule is CCCCCCCN1c2nccc[n+]2C[C@@]1(O)c1ccc(Cl)cc1. The van der Waals surface area contributed by atoms with E-state index in [-0.39, 0.29) is 0 Å². The first kappa shape index (κ1) is 17.2. The minimum absolute atomic E-state index is 0.479. The summed E-state index contributed by atoms with van der Waals surface area (Å²) in [6.45, 7) is 3.49. The number of hydrogen-bond acceptors (Lipinski definition) is 3. The summed E-state index contributed by atoms with van der Waals surface area (Å²) < 4.78 is 2.01. The van der Waals surface area contributed by atoms with Crippen LogP contribution in [0.5, 0.6) is 0 Å². The van der Waals surface area contributed by atoms with Crippen molar-refractivity contribution in [1.29, 1.82) is 0 Å². The van der Waals surface area contributed by atoms with Gasteiger partial charge in [0.05, 0.1) is 12.7 Å². The lowest BCUT2D eigenvalue weighted by molar-refractivity contribution is -0.685. The zero-order valence-corrected chi connectivity index (χ0v) is 14.9. The lowest BCUT2D eigenvalue weighted by Gasteiger charge is -2.28. The van der Waals surface area contributed by atoms with Gasteiger partial charge in [-0.05, 0) is 18.6 Å². The van der Waals surface area contributed by atoms with Crippen LogP contribution < -0.4 is 9.47 Å². The van der Waals surface area contributed by atoms with Crippen LogP contribution in [0, 0.1) is 0 Å². The molecule has 1 aliphatic heterocycles. The molecular weight excluding hydrogens is 322 g/mol. The fourth-order valence-corrected chi connectivity index (χ4v) is 3.48. The maximum Gasteiger partial charge on any atom is 0.396 e. The molecule has 0 saturated heterocycles. The van der Waals surface area contributed by atoms with E-state index in [1.54, 1.807) is 6.20 Å². The smallest absolute Gasteiger partial charge is 0.353 e. The Kier molecular flexibility index (Phi) is 5.36. The zero-order valence-electron chi connectivity index (χ0n) is 14.2. The van der Waals surface area contributed by atoms with Gasteiger partial charge in [0.2, 0.25) is 5.72 Å². The van der Waals surface area contributed by atoms with E-state index in [1.165, 1.54) is 25.7 Å². The molecule has 2 aromatic rings. The van der Waals surface area contributed by atoms with E-state index < -0.39 is 5.72 Å². The lowest BCUT2D eigenvalue weighted by Crippen LogP contribution is -2.46. The van der Waals surface area contributed by atoms with E-state index in [2.05, 4.69) is 11.9 Å². The van der Waals surface area contributed by atoms with Crippen molar-refractivity contribution in [2.75, 3.05) is 11.4 Å². The molecule has 4 nitrogen and oxygen atoms in total. The second-order valence-corrected chi connectivity index (χ2v) is 6.87. The standard InChI is InChI=1S/C19H25ClN3O/c1-2-3-4-5-6-14-23-18-21-12-7-13-22(18)15-19(23,24)16-8-10-17(20)11-9-16/h7-13,24H,2-6,14-15H2,1H3/q+1/t19-/m1/s1. The highest BCUT2D eigenvalue weighted by atomic mass is 35.5. The van der Waals surface area contributed by atoms with Crippen molar-refractivity contribution >= 4 is 17.5 Å². The second kappa shape index (κ2) is 7.49. The van der Waals surface area contributed by atoms with Gasteiger partial charge in [-0.25, -0.2) is 9.47 Å². The highest BCUT2D eigenvalue weighted by Gasteiger charge is 2.50. The molecule has 0 amide bonds. The molecule has 1 N–H and O–H groups in total. The van der Waals surface area contributed by atoms with Gasteiger partial charge in [0.25, 0.3) is 0 Å². The molecule has 1 aliphatic rings. The zero-order chi connectivity index (χ0) is 17.0. The number of anilines is 1. The minimum Gasteiger partial charge on any atom is -0.353 e. The summed E-state index contributed by atoms with van der Waals surface area (Å²) in [6.07, 6.45) is 9.72. The van der Waals surface area contributed by atoms with Crippen LogP contribution in [0.15, 0.2) is 42.7 Å². The van der Waals surface area contributed by atoms with Crippen LogP contribution in [-0.2, 0) is 12.3 Å². The molecule has 128 valence electrons. The Morgan fingerprint density at radius 1 is 1.21 bits per heavy atom. The van der Waals surface area contributed by atoms with Crippen molar-refractivity contribution in [1.82, 2.24) is 4.98 Å². The minimum atomic E-state index is -1.07. The predicted octanol–water partition coefficient (Wildman–Crippen LogP) is 3.66. The summed E-state index contributed by atoms with van der Waals surface area (Å²) in [4.78, 5) is 6.53. The molecule has 0 spiro atoms. The molecule has 2 heterocycles. The van der Waals surface area contributed by atoms with Gasteiger partial charge in [-0.3, -0.25) is 0 Å². The molecule has 0 unspecified atom stereocenters. The van der Waals surface area contributed by atoms with Gasteiger partial charge in [-0.1, -0.05) is 61.3 Å². The summed E-state index contributed by atoms with van der Waals surface area (Å²) in [5, 5.41) is 12.1. The van der Waals surface area contributed by atoms with E-state index in [0.717, 1.165) is 24.5 Å². The normalized spacial score (nSPS) is 19.5. The van der Waals surface area contributed by atoms with Crippen LogP contribution in [0.3, 0.4) is 0 Å². The van der Waals surface area contributed by atoms with E-state index in [9.17, 15) is 5.11 Å². The Balaban J connectivity index is 1.83. The van der Waals surface area contributed by atoms with Crippen molar-refractivity contribution in [2.24, 2.45) is 0 Å². The number of benzene rings is 1. The number of nitrogens with zero attached hydrogens (tertiary/aromatic N) is 3. The molecule has 0 bridgehead atoms. The first-order chi connectivity index (χ1) is 11.6. The number of unbranched alkanes of at least 4 members (excludes halogenated alkanes) is 4. The molecule has 24 heavy (non-hydrogen) atoms. The fourth-order valence-electron chi connectivity index (χ4n) is 3.35. The first-order valence-electron chi connectivity index (χ1n) is 8.75. The summed E-state index contributed by atoms with van der Waals surface area (Å²) in [5.41, 5.74) is -0.220. The topological polar surface area (TPSA) is 40.2 Å². The van der Waals surface area contributed by atoms with Crippen molar-refractivity contribution in [3.8, 4) is 0 Å². The van der Waals surface area contributed by atoms with E-state index >= 15 is 0 Å². The third-order valence-electron chi connectivity index (χ3n) is 4.67. The van der Waals surface area contributed by atoms with E-state index in [1.807, 2.05) is 46.0 Å². The van der Waals surface area contributed by atoms with E-state index in [4.69, 9.17) is 11.6 Å². The highest BCUT2D eigenvalue weighted by molar-refractivity contribution is 6.30. The van der Waals surface area contributed by atoms with Gasteiger partial charge in [-0.2, -0.15) is 0 Å². The molecule has 1 aromatic carbocycles. The summed E-state index contributed by atoms with van der Waals surface area (Å²) in [6, 6.07) is 9.36. The van der Waals surface area contributed by atoms with Gasteiger partial charge < -0.3 is 5.11 Å². The molecule has 3 rings (SSSR count). The number of rotatable bonds is 7. The summed E-state index contributed by atoms with van der Waals surface area (Å²) in [7, 11) is 0. The van der Waals surface area contributed by atoms with Crippen LogP contribution in [0.1, 0.15) is 44.6 Å². The number of fused-ring (bicyclic) bond motifs is 1.